The van der Waals surface area contributed by atoms with Gasteiger partial charge in [0, 0.05) is 53.8 Å². The molecule has 0 spiro atoms. The molecule has 3 aromatic rings. The normalized spacial score (nSPS) is 17.6. The molecule has 0 saturated carbocycles. The largest absolute Gasteiger partial charge is 0.358 e. The molecule has 1 N–H and O–H groups in total. The van der Waals surface area contributed by atoms with Gasteiger partial charge in [0.15, 0.2) is 0 Å². The Morgan fingerprint density at radius 1 is 0.929 bits per heavy atom. The quantitative estimate of drug-likeness (QED) is 0.741. The molecule has 4 nitrogen and oxygen atoms in total. The third kappa shape index (κ3) is 3.33. The number of hydrogen-bond donors (Lipinski definition) is 1. The summed E-state index contributed by atoms with van der Waals surface area (Å²) in [6, 6.07) is 16.6. The van der Waals surface area contributed by atoms with Crippen molar-refractivity contribution in [2.75, 3.05) is 19.6 Å². The van der Waals surface area contributed by atoms with Gasteiger partial charge in [0.25, 0.3) is 5.91 Å². The van der Waals surface area contributed by atoms with E-state index in [1.807, 2.05) is 17.0 Å². The first-order valence-electron chi connectivity index (χ1n) is 10.5. The lowest BCUT2D eigenvalue weighted by Crippen LogP contribution is -2.35. The van der Waals surface area contributed by atoms with Gasteiger partial charge in [0.2, 0.25) is 0 Å². The zero-order valence-electron chi connectivity index (χ0n) is 16.3. The van der Waals surface area contributed by atoms with Gasteiger partial charge in [-0.25, -0.2) is 0 Å². The molecule has 28 heavy (non-hydrogen) atoms. The Labute approximate surface area is 166 Å². The number of carbonyl (C=O) groups excluding carboxylic acids is 1. The number of para-hydroxylation sites is 1. The second kappa shape index (κ2) is 7.44. The van der Waals surface area contributed by atoms with Crippen molar-refractivity contribution in [1.29, 1.82) is 0 Å². The van der Waals surface area contributed by atoms with E-state index in [9.17, 15) is 4.79 Å². The summed E-state index contributed by atoms with van der Waals surface area (Å²) in [6.07, 6.45) is 4.86. The van der Waals surface area contributed by atoms with Gasteiger partial charge in [-0.05, 0) is 49.7 Å². The lowest BCUT2D eigenvalue weighted by atomic mass is 10.0. The molecule has 3 heterocycles. The molecule has 0 bridgehead atoms. The van der Waals surface area contributed by atoms with E-state index >= 15 is 0 Å². The van der Waals surface area contributed by atoms with Gasteiger partial charge in [0.1, 0.15) is 0 Å². The number of fused-ring (bicyclic) bond motifs is 3. The first-order valence-corrected chi connectivity index (χ1v) is 10.5. The summed E-state index contributed by atoms with van der Waals surface area (Å²) in [6.45, 7) is 4.85. The Morgan fingerprint density at radius 2 is 1.71 bits per heavy atom. The van der Waals surface area contributed by atoms with Crippen LogP contribution in [0.15, 0.2) is 48.5 Å². The van der Waals surface area contributed by atoms with Crippen LogP contribution in [0.2, 0.25) is 0 Å². The van der Waals surface area contributed by atoms with Crippen molar-refractivity contribution in [3.8, 4) is 0 Å². The van der Waals surface area contributed by atoms with Crippen LogP contribution in [0.4, 0.5) is 0 Å². The van der Waals surface area contributed by atoms with E-state index in [-0.39, 0.29) is 5.91 Å². The number of nitrogens with zero attached hydrogens (tertiary/aromatic N) is 2. The average Bonchev–Trinajstić information content (AvgIpc) is 3.12. The fourth-order valence-corrected chi connectivity index (χ4v) is 4.65. The molecule has 144 valence electrons. The number of nitrogens with one attached hydrogen (secondary N) is 1. The standard InChI is InChI=1S/C24H27N3O/c28-24(19-10-8-18(9-11-19)16-26-13-4-1-5-14-26)27-15-12-23-21(17-27)20-6-2-3-7-22(20)25-23/h2-3,6-11,25H,1,4-5,12-17H2. The number of amides is 1. The number of rotatable bonds is 3. The molecule has 0 radical (unpaired) electrons. The van der Waals surface area contributed by atoms with E-state index in [1.165, 1.54) is 60.1 Å². The minimum absolute atomic E-state index is 0.139. The van der Waals surface area contributed by atoms with E-state index in [0.717, 1.165) is 25.1 Å². The maximum absolute atomic E-state index is 13.1. The predicted molar refractivity (Wildman–Crippen MR) is 112 cm³/mol. The van der Waals surface area contributed by atoms with Gasteiger partial charge in [-0.15, -0.1) is 0 Å². The molecular formula is C24H27N3O. The Morgan fingerprint density at radius 3 is 2.54 bits per heavy atom. The highest BCUT2D eigenvalue weighted by Gasteiger charge is 2.24. The smallest absolute Gasteiger partial charge is 0.254 e. The number of carbonyl (C=O) groups is 1. The second-order valence-electron chi connectivity index (χ2n) is 8.14. The van der Waals surface area contributed by atoms with Crippen LogP contribution in [0.25, 0.3) is 10.9 Å². The lowest BCUT2D eigenvalue weighted by molar-refractivity contribution is 0.0735. The van der Waals surface area contributed by atoms with E-state index < -0.39 is 0 Å². The Hall–Kier alpha value is -2.59. The van der Waals surface area contributed by atoms with Crippen molar-refractivity contribution in [3.63, 3.8) is 0 Å². The van der Waals surface area contributed by atoms with Crippen molar-refractivity contribution >= 4 is 16.8 Å². The SMILES string of the molecule is O=C(c1ccc(CN2CCCCC2)cc1)N1CCc2[nH]c3ccccc3c2C1. The van der Waals surface area contributed by atoms with Crippen LogP contribution in [0.1, 0.15) is 46.4 Å². The Bertz CT molecular complexity index is 983. The molecule has 1 saturated heterocycles. The molecule has 2 aliphatic heterocycles. The van der Waals surface area contributed by atoms with Crippen molar-refractivity contribution in [3.05, 3.63) is 70.9 Å². The van der Waals surface area contributed by atoms with Crippen molar-refractivity contribution in [1.82, 2.24) is 14.8 Å². The highest BCUT2D eigenvalue weighted by Crippen LogP contribution is 2.28. The molecule has 1 aromatic heterocycles. The number of hydrogen-bond acceptors (Lipinski definition) is 2. The number of likely N-dealkylation sites (tertiary alicyclic amines) is 1. The van der Waals surface area contributed by atoms with Crippen molar-refractivity contribution in [2.24, 2.45) is 0 Å². The van der Waals surface area contributed by atoms with Gasteiger partial charge in [-0.3, -0.25) is 9.69 Å². The topological polar surface area (TPSA) is 39.3 Å². The molecule has 1 amide bonds. The highest BCUT2D eigenvalue weighted by molar-refractivity contribution is 5.95. The second-order valence-corrected chi connectivity index (χ2v) is 8.14. The Kier molecular flexibility index (Phi) is 4.65. The molecule has 5 rings (SSSR count). The number of H-pyrrole nitrogens is 1. The number of benzene rings is 2. The van der Waals surface area contributed by atoms with Crippen LogP contribution in [-0.2, 0) is 19.5 Å². The summed E-state index contributed by atoms with van der Waals surface area (Å²) in [7, 11) is 0. The minimum Gasteiger partial charge on any atom is -0.358 e. The highest BCUT2D eigenvalue weighted by atomic mass is 16.2. The summed E-state index contributed by atoms with van der Waals surface area (Å²) in [5.74, 6) is 0.139. The number of aromatic amines is 1. The molecule has 0 atom stereocenters. The van der Waals surface area contributed by atoms with Crippen LogP contribution in [0, 0.1) is 0 Å². The molecule has 4 heteroatoms. The van der Waals surface area contributed by atoms with Gasteiger partial charge >= 0.3 is 0 Å². The minimum atomic E-state index is 0.139. The van der Waals surface area contributed by atoms with E-state index in [4.69, 9.17) is 0 Å². The van der Waals surface area contributed by atoms with Crippen molar-refractivity contribution in [2.45, 2.75) is 38.8 Å². The zero-order chi connectivity index (χ0) is 18.9. The van der Waals surface area contributed by atoms with Crippen LogP contribution in [-0.4, -0.2) is 40.3 Å². The molecular weight excluding hydrogens is 346 g/mol. The maximum Gasteiger partial charge on any atom is 0.254 e. The third-order valence-electron chi connectivity index (χ3n) is 6.23. The lowest BCUT2D eigenvalue weighted by Gasteiger charge is -2.28. The summed E-state index contributed by atoms with van der Waals surface area (Å²) in [5.41, 5.74) is 5.82. The third-order valence-corrected chi connectivity index (χ3v) is 6.23. The zero-order valence-corrected chi connectivity index (χ0v) is 16.3. The fraction of sp³-hybridized carbons (Fsp3) is 0.375. The molecule has 1 fully saturated rings. The van der Waals surface area contributed by atoms with Crippen LogP contribution in [0.5, 0.6) is 0 Å². The maximum atomic E-state index is 13.1. The van der Waals surface area contributed by atoms with E-state index in [1.54, 1.807) is 0 Å². The van der Waals surface area contributed by atoms with E-state index in [0.29, 0.717) is 6.54 Å². The number of piperidine rings is 1. The van der Waals surface area contributed by atoms with Crippen LogP contribution < -0.4 is 0 Å². The summed E-state index contributed by atoms with van der Waals surface area (Å²) in [4.78, 5) is 21.1. The van der Waals surface area contributed by atoms with Gasteiger partial charge in [-0.1, -0.05) is 36.8 Å². The monoisotopic (exact) mass is 373 g/mol. The molecule has 2 aliphatic rings. The summed E-state index contributed by atoms with van der Waals surface area (Å²) in [5, 5.41) is 1.24. The predicted octanol–water partition coefficient (Wildman–Crippen LogP) is 4.35. The first-order chi connectivity index (χ1) is 13.8. The molecule has 0 unspecified atom stereocenters. The van der Waals surface area contributed by atoms with Crippen molar-refractivity contribution < 1.29 is 4.79 Å². The van der Waals surface area contributed by atoms with Gasteiger partial charge < -0.3 is 9.88 Å². The van der Waals surface area contributed by atoms with Gasteiger partial charge in [0.05, 0.1) is 0 Å². The van der Waals surface area contributed by atoms with Gasteiger partial charge in [-0.2, -0.15) is 0 Å². The summed E-state index contributed by atoms with van der Waals surface area (Å²) >= 11 is 0. The number of aromatic nitrogens is 1. The summed E-state index contributed by atoms with van der Waals surface area (Å²) < 4.78 is 0. The van der Waals surface area contributed by atoms with Crippen LogP contribution >= 0.6 is 0 Å². The molecule has 0 aliphatic carbocycles. The average molecular weight is 374 g/mol. The molecule has 2 aromatic carbocycles. The Balaban J connectivity index is 1.30. The fourth-order valence-electron chi connectivity index (χ4n) is 4.65. The van der Waals surface area contributed by atoms with Crippen LogP contribution in [0.3, 0.4) is 0 Å². The first kappa shape index (κ1) is 17.5. The van der Waals surface area contributed by atoms with E-state index in [2.05, 4.69) is 46.3 Å².